The van der Waals surface area contributed by atoms with E-state index in [4.69, 9.17) is 0 Å². The van der Waals surface area contributed by atoms with Gasteiger partial charge in [-0.05, 0) is 18.2 Å². The minimum Gasteiger partial charge on any atom is -0.360 e. The molecule has 0 aliphatic rings. The Morgan fingerprint density at radius 3 is 2.68 bits per heavy atom. The zero-order valence-electron chi connectivity index (χ0n) is 11.1. The first kappa shape index (κ1) is 13.0. The quantitative estimate of drug-likeness (QED) is 0.701. The number of hydrogen-bond acceptors (Lipinski definition) is 2. The van der Waals surface area contributed by atoms with Gasteiger partial charge in [-0.25, -0.2) is 0 Å². The van der Waals surface area contributed by atoms with Crippen molar-refractivity contribution in [3.8, 4) is 0 Å². The van der Waals surface area contributed by atoms with Gasteiger partial charge in [0.25, 0.3) is 0 Å². The Bertz CT molecular complexity index is 677. The van der Waals surface area contributed by atoms with Crippen LogP contribution >= 0.6 is 0 Å². The van der Waals surface area contributed by atoms with Gasteiger partial charge in [-0.2, -0.15) is 0 Å². The Morgan fingerprint density at radius 2 is 1.95 bits per heavy atom. The Balaban J connectivity index is 0.000000639. The van der Waals surface area contributed by atoms with Crippen LogP contribution in [0.2, 0.25) is 0 Å². The van der Waals surface area contributed by atoms with E-state index >= 15 is 0 Å². The van der Waals surface area contributed by atoms with E-state index in [1.165, 1.54) is 0 Å². The van der Waals surface area contributed by atoms with Gasteiger partial charge in [0.1, 0.15) is 0 Å². The number of para-hydroxylation sites is 1. The van der Waals surface area contributed by atoms with E-state index in [-0.39, 0.29) is 7.21 Å². The van der Waals surface area contributed by atoms with Crippen molar-refractivity contribution < 1.29 is 6.22 Å². The van der Waals surface area contributed by atoms with Crippen LogP contribution in [-0.2, 0) is 0 Å². The van der Waals surface area contributed by atoms with Crippen LogP contribution in [0.5, 0.6) is 0 Å². The average molecular weight is 254 g/mol. The van der Waals surface area contributed by atoms with Crippen molar-refractivity contribution in [3.05, 3.63) is 66.1 Å². The van der Waals surface area contributed by atoms with Gasteiger partial charge in [0.15, 0.2) is 5.78 Å². The first-order valence-electron chi connectivity index (χ1n) is 6.37. The number of nitrogens with zero attached hydrogens (tertiary/aromatic N) is 1. The Hall–Kier alpha value is -2.42. The van der Waals surface area contributed by atoms with Gasteiger partial charge in [0, 0.05) is 42.0 Å². The number of aromatic nitrogens is 2. The minimum atomic E-state index is -0.00412. The van der Waals surface area contributed by atoms with Crippen LogP contribution in [0.3, 0.4) is 0 Å². The number of nitrogens with one attached hydrogen (secondary N) is 1. The largest absolute Gasteiger partial charge is 0.360 e. The number of carbonyl (C=O) groups excluding carboxylic acids is 1. The van der Waals surface area contributed by atoms with E-state index in [1.807, 2.05) is 38.1 Å². The van der Waals surface area contributed by atoms with Crippen LogP contribution in [0.15, 0.2) is 55.0 Å². The summed E-state index contributed by atoms with van der Waals surface area (Å²) in [5.74, 6) is -0.00412. The monoisotopic (exact) mass is 254 g/mol. The molecule has 0 atom stereocenters. The molecule has 1 N–H and O–H groups in total. The SMILES string of the molecule is CC.O=C(c1cccnc1)c1c[nH]c2ccccc12.[HH]. The number of pyridine rings is 1. The highest BCUT2D eigenvalue weighted by atomic mass is 16.1. The fourth-order valence-electron chi connectivity index (χ4n) is 1.91. The zero-order valence-corrected chi connectivity index (χ0v) is 11.1. The summed E-state index contributed by atoms with van der Waals surface area (Å²) in [6.45, 7) is 4.00. The maximum Gasteiger partial charge on any atom is 0.196 e. The third kappa shape index (κ3) is 2.55. The van der Waals surface area contributed by atoms with E-state index in [2.05, 4.69) is 9.97 Å². The molecule has 0 unspecified atom stereocenters. The second-order valence-electron chi connectivity index (χ2n) is 3.82. The van der Waals surface area contributed by atoms with Crippen molar-refractivity contribution in [1.29, 1.82) is 0 Å². The van der Waals surface area contributed by atoms with E-state index in [9.17, 15) is 4.79 Å². The van der Waals surface area contributed by atoms with Crippen molar-refractivity contribution in [2.45, 2.75) is 13.8 Å². The Kier molecular flexibility index (Phi) is 4.08. The lowest BCUT2D eigenvalue weighted by molar-refractivity contribution is 0.104. The van der Waals surface area contributed by atoms with Crippen LogP contribution in [0.25, 0.3) is 10.9 Å². The van der Waals surface area contributed by atoms with Crippen LogP contribution in [0.4, 0.5) is 0 Å². The molecule has 98 valence electrons. The highest BCUT2D eigenvalue weighted by molar-refractivity contribution is 6.16. The molecule has 19 heavy (non-hydrogen) atoms. The number of hydrogen-bond donors (Lipinski definition) is 1. The molecular weight excluding hydrogens is 236 g/mol. The van der Waals surface area contributed by atoms with Gasteiger partial charge in [-0.15, -0.1) is 0 Å². The molecule has 0 amide bonds. The summed E-state index contributed by atoms with van der Waals surface area (Å²) in [6.07, 6.45) is 5.00. The molecule has 3 heteroatoms. The fraction of sp³-hybridized carbons (Fsp3) is 0.125. The summed E-state index contributed by atoms with van der Waals surface area (Å²) < 4.78 is 0. The number of rotatable bonds is 2. The molecule has 3 aromatic rings. The number of ketones is 1. The molecule has 3 rings (SSSR count). The standard InChI is InChI=1S/C14H10N2O.C2H6.H2/c17-14(10-4-3-7-15-8-10)12-9-16-13-6-2-1-5-11(12)13;1-2;/h1-9,16H;1-2H3;1H. The molecule has 3 nitrogen and oxygen atoms in total. The smallest absolute Gasteiger partial charge is 0.196 e. The highest BCUT2D eigenvalue weighted by Gasteiger charge is 2.13. The summed E-state index contributed by atoms with van der Waals surface area (Å²) in [7, 11) is 0. The number of benzene rings is 1. The number of fused-ring (bicyclic) bond motifs is 1. The van der Waals surface area contributed by atoms with Gasteiger partial charge < -0.3 is 4.98 Å². The van der Waals surface area contributed by atoms with E-state index in [1.54, 1.807) is 30.7 Å². The van der Waals surface area contributed by atoms with Crippen molar-refractivity contribution >= 4 is 16.7 Å². The van der Waals surface area contributed by atoms with Crippen molar-refractivity contribution in [1.82, 2.24) is 9.97 Å². The molecule has 0 radical (unpaired) electrons. The lowest BCUT2D eigenvalue weighted by Gasteiger charge is -1.98. The topological polar surface area (TPSA) is 45.8 Å². The molecule has 2 aromatic heterocycles. The maximum atomic E-state index is 12.3. The molecule has 1 aromatic carbocycles. The predicted molar refractivity (Wildman–Crippen MR) is 79.4 cm³/mol. The molecule has 0 aliphatic heterocycles. The second-order valence-corrected chi connectivity index (χ2v) is 3.82. The molecule has 0 saturated heterocycles. The molecular formula is C16H18N2O. The fourth-order valence-corrected chi connectivity index (χ4v) is 1.91. The second kappa shape index (κ2) is 5.96. The van der Waals surface area contributed by atoms with Gasteiger partial charge in [-0.3, -0.25) is 9.78 Å². The lowest BCUT2D eigenvalue weighted by Crippen LogP contribution is -2.00. The van der Waals surface area contributed by atoms with Crippen molar-refractivity contribution in [2.24, 2.45) is 0 Å². The lowest BCUT2D eigenvalue weighted by atomic mass is 10.0. The average Bonchev–Trinajstić information content (AvgIpc) is 2.93. The van der Waals surface area contributed by atoms with E-state index < -0.39 is 0 Å². The molecule has 0 fully saturated rings. The highest BCUT2D eigenvalue weighted by Crippen LogP contribution is 2.20. The normalized spacial score (nSPS) is 9.79. The molecule has 0 bridgehead atoms. The first-order valence-corrected chi connectivity index (χ1v) is 6.37. The van der Waals surface area contributed by atoms with Crippen molar-refractivity contribution in [3.63, 3.8) is 0 Å². The van der Waals surface area contributed by atoms with Crippen molar-refractivity contribution in [2.75, 3.05) is 0 Å². The van der Waals surface area contributed by atoms with Crippen LogP contribution < -0.4 is 0 Å². The summed E-state index contributed by atoms with van der Waals surface area (Å²) in [5, 5.41) is 0.946. The maximum absolute atomic E-state index is 12.3. The summed E-state index contributed by atoms with van der Waals surface area (Å²) >= 11 is 0. The molecule has 0 saturated carbocycles. The summed E-state index contributed by atoms with van der Waals surface area (Å²) in [4.78, 5) is 19.3. The zero-order chi connectivity index (χ0) is 13.7. The number of aromatic amines is 1. The first-order chi connectivity index (χ1) is 9.36. The third-order valence-electron chi connectivity index (χ3n) is 2.76. The van der Waals surface area contributed by atoms with Crippen LogP contribution in [0, 0.1) is 0 Å². The van der Waals surface area contributed by atoms with Gasteiger partial charge in [0.2, 0.25) is 0 Å². The Morgan fingerprint density at radius 1 is 1.16 bits per heavy atom. The Labute approximate surface area is 113 Å². The number of carbonyl (C=O) groups is 1. The van der Waals surface area contributed by atoms with E-state index in [0.717, 1.165) is 10.9 Å². The summed E-state index contributed by atoms with van der Waals surface area (Å²) in [5.41, 5.74) is 2.27. The van der Waals surface area contributed by atoms with Crippen LogP contribution in [0.1, 0.15) is 31.2 Å². The number of H-pyrrole nitrogens is 1. The van der Waals surface area contributed by atoms with E-state index in [0.29, 0.717) is 11.1 Å². The molecule has 0 aliphatic carbocycles. The predicted octanol–water partition coefficient (Wildman–Crippen LogP) is 4.07. The van der Waals surface area contributed by atoms with Gasteiger partial charge >= 0.3 is 0 Å². The minimum absolute atomic E-state index is 0. The molecule has 0 spiro atoms. The van der Waals surface area contributed by atoms with Gasteiger partial charge in [0.05, 0.1) is 0 Å². The molecule has 2 heterocycles. The summed E-state index contributed by atoms with van der Waals surface area (Å²) in [6, 6.07) is 11.3. The van der Waals surface area contributed by atoms with Gasteiger partial charge in [-0.1, -0.05) is 32.0 Å². The van der Waals surface area contributed by atoms with Crippen LogP contribution in [-0.4, -0.2) is 15.8 Å². The third-order valence-corrected chi connectivity index (χ3v) is 2.76.